The zero-order chi connectivity index (χ0) is 7.56. The van der Waals surface area contributed by atoms with Crippen LogP contribution in [0.3, 0.4) is 0 Å². The Morgan fingerprint density at radius 2 is 1.70 bits per heavy atom. The van der Waals surface area contributed by atoms with Crippen LogP contribution in [0.4, 0.5) is 0 Å². The minimum Gasteiger partial charge on any atom is -0.0601 e. The molecule has 0 aliphatic carbocycles. The van der Waals surface area contributed by atoms with Crippen molar-refractivity contribution in [2.45, 2.75) is 6.04 Å². The molecule has 1 aromatic carbocycles. The van der Waals surface area contributed by atoms with Crippen molar-refractivity contribution in [2.75, 3.05) is 0 Å². The van der Waals surface area contributed by atoms with Crippen molar-refractivity contribution in [1.82, 2.24) is 0 Å². The number of hydrogen-bond acceptors (Lipinski definition) is 0. The third-order valence-electron chi connectivity index (χ3n) is 1.42. The van der Waals surface area contributed by atoms with Crippen LogP contribution in [0.25, 0.3) is 0 Å². The molecule has 0 aliphatic heterocycles. The summed E-state index contributed by atoms with van der Waals surface area (Å²) in [5.41, 5.74) is 1.54. The van der Waals surface area contributed by atoms with Gasteiger partial charge in [-0.05, 0) is 68.9 Å². The molecule has 0 spiro atoms. The largest absolute Gasteiger partial charge is 0.0601 e. The summed E-state index contributed by atoms with van der Waals surface area (Å²) in [5.74, 6) is 0. The van der Waals surface area contributed by atoms with Gasteiger partial charge in [0.25, 0.3) is 0 Å². The van der Waals surface area contributed by atoms with Crippen molar-refractivity contribution in [2.24, 2.45) is 0 Å². The molecule has 0 radical (unpaired) electrons. The highest BCUT2D eigenvalue weighted by atomic mass is 127. The van der Waals surface area contributed by atoms with E-state index in [-0.39, 0.29) is 0 Å². The predicted molar refractivity (Wildman–Crippen MR) is 65.5 cm³/mol. The fraction of sp³-hybridized carbons (Fsp3) is 0.143. The number of halogens is 2. The van der Waals surface area contributed by atoms with Gasteiger partial charge in [0.05, 0.1) is 0 Å². The first-order valence-corrected chi connectivity index (χ1v) is 6.75. The van der Waals surface area contributed by atoms with E-state index >= 15 is 0 Å². The second kappa shape index (κ2) is 4.06. The Hall–Kier alpha value is 0.897. The van der Waals surface area contributed by atoms with Crippen LogP contribution >= 0.6 is 45.2 Å². The maximum absolute atomic E-state index is 2.40. The molecule has 0 aliphatic rings. The normalized spacial score (nSPS) is 10.2. The van der Waals surface area contributed by atoms with Crippen molar-refractivity contribution in [3.8, 4) is 0 Å². The van der Waals surface area contributed by atoms with Gasteiger partial charge in [-0.25, -0.2) is 0 Å². The third kappa shape index (κ3) is 1.94. The highest BCUT2D eigenvalue weighted by molar-refractivity contribution is 14.1. The summed E-state index contributed by atoms with van der Waals surface area (Å²) in [6.07, 6.45) is 0. The van der Waals surface area contributed by atoms with E-state index in [1.807, 2.05) is 0 Å². The zero-order valence-corrected chi connectivity index (χ0v) is 12.0. The van der Waals surface area contributed by atoms with Gasteiger partial charge in [-0.15, -0.1) is 0 Å². The highest BCUT2D eigenvalue weighted by Crippen LogP contribution is 2.18. The lowest BCUT2D eigenvalue weighted by atomic mass is 10.2. The third-order valence-corrected chi connectivity index (χ3v) is 4.14. The lowest BCUT2D eigenvalue weighted by molar-refractivity contribution is 1.33. The summed E-state index contributed by atoms with van der Waals surface area (Å²) < 4.78 is 2.83. The summed E-state index contributed by atoms with van der Waals surface area (Å²) >= 11 is 4.81. The lowest BCUT2D eigenvalue weighted by Gasteiger charge is -2.02. The Morgan fingerprint density at radius 1 is 1.20 bits per heavy atom. The van der Waals surface area contributed by atoms with Gasteiger partial charge in [-0.3, -0.25) is 0 Å². The molecule has 0 nitrogen and oxygen atoms in total. The molecular formula is C7H8I2Si. The van der Waals surface area contributed by atoms with Crippen LogP contribution in [0.2, 0.25) is 0 Å². The minimum atomic E-state index is 1.26. The van der Waals surface area contributed by atoms with Gasteiger partial charge in [0, 0.05) is 17.4 Å². The van der Waals surface area contributed by atoms with Gasteiger partial charge in [0.15, 0.2) is 0 Å². The van der Waals surface area contributed by atoms with E-state index < -0.39 is 0 Å². The van der Waals surface area contributed by atoms with Crippen LogP contribution in [0, 0.1) is 7.14 Å². The quantitative estimate of drug-likeness (QED) is 0.520. The molecule has 0 saturated carbocycles. The molecule has 0 bridgehead atoms. The average molecular weight is 374 g/mol. The first-order valence-electron chi connectivity index (χ1n) is 3.18. The Morgan fingerprint density at radius 3 is 2.00 bits per heavy atom. The Labute approximate surface area is 91.5 Å². The fourth-order valence-corrected chi connectivity index (χ4v) is 5.35. The molecule has 0 atom stereocenters. The Balaban J connectivity index is 3.17. The fourth-order valence-electron chi connectivity index (χ4n) is 0.870. The van der Waals surface area contributed by atoms with Crippen LogP contribution in [0.5, 0.6) is 0 Å². The SMILES string of the molecule is [SiH3]Cc1c(I)cccc1I. The molecule has 10 heavy (non-hydrogen) atoms. The molecule has 0 N–H and O–H groups in total. The molecule has 0 fully saturated rings. The van der Waals surface area contributed by atoms with E-state index in [9.17, 15) is 0 Å². The first kappa shape index (κ1) is 8.99. The van der Waals surface area contributed by atoms with Crippen molar-refractivity contribution in [3.63, 3.8) is 0 Å². The second-order valence-electron chi connectivity index (χ2n) is 2.05. The molecule has 0 heterocycles. The smallest absolute Gasteiger partial charge is 0.0169 e. The van der Waals surface area contributed by atoms with Gasteiger partial charge in [0.1, 0.15) is 0 Å². The van der Waals surface area contributed by atoms with Crippen LogP contribution in [-0.4, -0.2) is 10.2 Å². The highest BCUT2D eigenvalue weighted by Gasteiger charge is 1.99. The van der Waals surface area contributed by atoms with E-state index in [1.54, 1.807) is 0 Å². The molecule has 0 aromatic heterocycles. The zero-order valence-electron chi connectivity index (χ0n) is 5.70. The summed E-state index contributed by atoms with van der Waals surface area (Å²) in [6, 6.07) is 7.74. The minimum absolute atomic E-state index is 1.26. The molecule has 1 rings (SSSR count). The maximum atomic E-state index is 2.40. The summed E-state index contributed by atoms with van der Waals surface area (Å²) in [5, 5.41) is 0. The second-order valence-corrected chi connectivity index (χ2v) is 5.09. The summed E-state index contributed by atoms with van der Waals surface area (Å²) in [7, 11) is 1.26. The van der Waals surface area contributed by atoms with Crippen LogP contribution in [0.1, 0.15) is 5.56 Å². The Kier molecular flexibility index (Phi) is 3.65. The number of rotatable bonds is 1. The average Bonchev–Trinajstić information content (AvgIpc) is 1.88. The van der Waals surface area contributed by atoms with Crippen molar-refractivity contribution >= 4 is 55.4 Å². The van der Waals surface area contributed by atoms with Crippen molar-refractivity contribution in [1.29, 1.82) is 0 Å². The molecule has 0 amide bonds. The maximum Gasteiger partial charge on any atom is 0.0169 e. The van der Waals surface area contributed by atoms with Gasteiger partial charge >= 0.3 is 0 Å². The molecule has 0 unspecified atom stereocenters. The van der Waals surface area contributed by atoms with Crippen molar-refractivity contribution < 1.29 is 0 Å². The van der Waals surface area contributed by atoms with E-state index in [1.165, 1.54) is 29.0 Å². The van der Waals surface area contributed by atoms with E-state index in [0.29, 0.717) is 0 Å². The number of benzene rings is 1. The molecule has 0 saturated heterocycles. The molecule has 3 heteroatoms. The molecule has 1 aromatic rings. The number of hydrogen-bond donors (Lipinski definition) is 0. The summed E-state index contributed by atoms with van der Waals surface area (Å²) in [4.78, 5) is 0. The van der Waals surface area contributed by atoms with Crippen LogP contribution in [0.15, 0.2) is 18.2 Å². The van der Waals surface area contributed by atoms with Crippen LogP contribution in [-0.2, 0) is 6.04 Å². The monoisotopic (exact) mass is 374 g/mol. The Bertz CT molecular complexity index is 215. The first-order chi connectivity index (χ1) is 4.75. The van der Waals surface area contributed by atoms with Crippen molar-refractivity contribution in [3.05, 3.63) is 30.9 Å². The standard InChI is InChI=1S/C7H8I2Si/c8-6-2-1-3-7(9)5(6)4-10/h1-3H,4H2,10H3. The van der Waals surface area contributed by atoms with Gasteiger partial charge in [-0.2, -0.15) is 0 Å². The van der Waals surface area contributed by atoms with Gasteiger partial charge in [0.2, 0.25) is 0 Å². The predicted octanol–water partition coefficient (Wildman–Crippen LogP) is 1.76. The van der Waals surface area contributed by atoms with E-state index in [2.05, 4.69) is 63.4 Å². The van der Waals surface area contributed by atoms with Gasteiger partial charge < -0.3 is 0 Å². The molecule has 54 valence electrons. The molecular weight excluding hydrogens is 366 g/mol. The topological polar surface area (TPSA) is 0 Å². The van der Waals surface area contributed by atoms with E-state index in [4.69, 9.17) is 0 Å². The lowest BCUT2D eigenvalue weighted by Crippen LogP contribution is -1.91. The van der Waals surface area contributed by atoms with Gasteiger partial charge in [-0.1, -0.05) is 6.07 Å². The van der Waals surface area contributed by atoms with Crippen LogP contribution < -0.4 is 0 Å². The van der Waals surface area contributed by atoms with E-state index in [0.717, 1.165) is 0 Å². The summed E-state index contributed by atoms with van der Waals surface area (Å²) in [6.45, 7) is 0.